The van der Waals surface area contributed by atoms with Crippen LogP contribution in [0.3, 0.4) is 0 Å². The van der Waals surface area contributed by atoms with E-state index in [-0.39, 0.29) is 12.2 Å². The number of carbonyl (C=O) groups excluding carboxylic acids is 2. The molecule has 0 spiro atoms. The van der Waals surface area contributed by atoms with E-state index in [1.165, 1.54) is 25.2 Å². The second kappa shape index (κ2) is 9.45. The molecule has 0 aliphatic carbocycles. The minimum absolute atomic E-state index is 0.338. The Balaban J connectivity index is 2.04. The average molecular weight is 407 g/mol. The number of amides is 2. The lowest BCUT2D eigenvalue weighted by molar-refractivity contribution is -0.137. The predicted molar refractivity (Wildman–Crippen MR) is 107 cm³/mol. The minimum Gasteiger partial charge on any atom is -0.372 e. The van der Waals surface area contributed by atoms with Crippen molar-refractivity contribution in [3.8, 4) is 0 Å². The fourth-order valence-electron chi connectivity index (χ4n) is 2.94. The van der Waals surface area contributed by atoms with Crippen molar-refractivity contribution in [1.29, 1.82) is 0 Å². The normalized spacial score (nSPS) is 11.1. The molecular weight excluding hydrogens is 383 g/mol. The fourth-order valence-corrected chi connectivity index (χ4v) is 2.94. The Labute approximate surface area is 168 Å². The van der Waals surface area contributed by atoms with E-state index in [0.717, 1.165) is 29.7 Å². The SMILES string of the molecule is CCN(CC)c1ccc(C(=O)N(C)CC(=O)Nc2ccccc2C(F)(F)F)cc1. The van der Waals surface area contributed by atoms with Crippen molar-refractivity contribution in [2.24, 2.45) is 0 Å². The van der Waals surface area contributed by atoms with Gasteiger partial charge in [0.2, 0.25) is 5.91 Å². The van der Waals surface area contributed by atoms with Gasteiger partial charge in [0.25, 0.3) is 5.91 Å². The molecule has 8 heteroatoms. The van der Waals surface area contributed by atoms with Crippen LogP contribution in [0.1, 0.15) is 29.8 Å². The highest BCUT2D eigenvalue weighted by Crippen LogP contribution is 2.34. The van der Waals surface area contributed by atoms with Gasteiger partial charge in [0.1, 0.15) is 0 Å². The summed E-state index contributed by atoms with van der Waals surface area (Å²) in [5.41, 5.74) is 0.103. The molecule has 2 aromatic rings. The molecule has 2 aromatic carbocycles. The molecule has 156 valence electrons. The van der Waals surface area contributed by atoms with Crippen LogP contribution in [0.5, 0.6) is 0 Å². The summed E-state index contributed by atoms with van der Waals surface area (Å²) in [7, 11) is 1.43. The molecule has 0 bridgehead atoms. The topological polar surface area (TPSA) is 52.7 Å². The van der Waals surface area contributed by atoms with Gasteiger partial charge in [-0.2, -0.15) is 13.2 Å². The molecule has 2 amide bonds. The van der Waals surface area contributed by atoms with Gasteiger partial charge in [0.05, 0.1) is 17.8 Å². The maximum Gasteiger partial charge on any atom is 0.418 e. The number of alkyl halides is 3. The highest BCUT2D eigenvalue weighted by Gasteiger charge is 2.33. The molecule has 0 saturated carbocycles. The van der Waals surface area contributed by atoms with Crippen molar-refractivity contribution in [3.63, 3.8) is 0 Å². The average Bonchev–Trinajstić information content (AvgIpc) is 2.68. The molecule has 5 nitrogen and oxygen atoms in total. The first-order valence-electron chi connectivity index (χ1n) is 9.23. The Hall–Kier alpha value is -3.03. The van der Waals surface area contributed by atoms with Crippen LogP contribution in [-0.4, -0.2) is 43.4 Å². The number of halogens is 3. The Kier molecular flexibility index (Phi) is 7.25. The maximum absolute atomic E-state index is 13.0. The number of hydrogen-bond donors (Lipinski definition) is 1. The second-order valence-corrected chi connectivity index (χ2v) is 6.47. The smallest absolute Gasteiger partial charge is 0.372 e. The molecule has 0 heterocycles. The quantitative estimate of drug-likeness (QED) is 0.746. The predicted octanol–water partition coefficient (Wildman–Crippen LogP) is 4.26. The summed E-state index contributed by atoms with van der Waals surface area (Å²) in [4.78, 5) is 28.0. The molecule has 0 radical (unpaired) electrons. The highest BCUT2D eigenvalue weighted by atomic mass is 19.4. The summed E-state index contributed by atoms with van der Waals surface area (Å²) in [5, 5.41) is 2.23. The lowest BCUT2D eigenvalue weighted by atomic mass is 10.1. The molecule has 0 aromatic heterocycles. The molecule has 0 unspecified atom stereocenters. The summed E-state index contributed by atoms with van der Waals surface area (Å²) in [6, 6.07) is 11.7. The minimum atomic E-state index is -4.59. The summed E-state index contributed by atoms with van der Waals surface area (Å²) >= 11 is 0. The number of likely N-dealkylation sites (N-methyl/N-ethyl adjacent to an activating group) is 1. The van der Waals surface area contributed by atoms with Crippen LogP contribution in [0.4, 0.5) is 24.5 Å². The number of rotatable bonds is 7. The number of anilines is 2. The van der Waals surface area contributed by atoms with Crippen LogP contribution >= 0.6 is 0 Å². The van der Waals surface area contributed by atoms with Crippen molar-refractivity contribution in [2.45, 2.75) is 20.0 Å². The Bertz CT molecular complexity index is 847. The zero-order chi connectivity index (χ0) is 21.6. The van der Waals surface area contributed by atoms with Gasteiger partial charge >= 0.3 is 6.18 Å². The van der Waals surface area contributed by atoms with Gasteiger partial charge in [-0.1, -0.05) is 12.1 Å². The van der Waals surface area contributed by atoms with Crippen LogP contribution in [-0.2, 0) is 11.0 Å². The van der Waals surface area contributed by atoms with E-state index < -0.39 is 23.6 Å². The molecule has 0 aliphatic rings. The van der Waals surface area contributed by atoms with Gasteiger partial charge in [0, 0.05) is 31.4 Å². The zero-order valence-electron chi connectivity index (χ0n) is 16.6. The van der Waals surface area contributed by atoms with Gasteiger partial charge in [0.15, 0.2) is 0 Å². The van der Waals surface area contributed by atoms with Crippen molar-refractivity contribution in [3.05, 3.63) is 59.7 Å². The maximum atomic E-state index is 13.0. The Morgan fingerprint density at radius 1 is 0.966 bits per heavy atom. The molecular formula is C21H24F3N3O2. The summed E-state index contributed by atoms with van der Waals surface area (Å²) in [5.74, 6) is -1.10. The number of para-hydroxylation sites is 1. The van der Waals surface area contributed by atoms with Crippen molar-refractivity contribution >= 4 is 23.2 Å². The van der Waals surface area contributed by atoms with E-state index in [1.54, 1.807) is 12.1 Å². The van der Waals surface area contributed by atoms with E-state index in [9.17, 15) is 22.8 Å². The monoisotopic (exact) mass is 407 g/mol. The third-order valence-corrected chi connectivity index (χ3v) is 4.48. The van der Waals surface area contributed by atoms with Gasteiger partial charge in [-0.25, -0.2) is 0 Å². The largest absolute Gasteiger partial charge is 0.418 e. The third kappa shape index (κ3) is 5.73. The van der Waals surface area contributed by atoms with E-state index in [2.05, 4.69) is 10.2 Å². The molecule has 1 N–H and O–H groups in total. The third-order valence-electron chi connectivity index (χ3n) is 4.48. The summed E-state index contributed by atoms with van der Waals surface area (Å²) < 4.78 is 39.1. The molecule has 0 aliphatic heterocycles. The first kappa shape index (κ1) is 22.3. The number of nitrogens with zero attached hydrogens (tertiary/aromatic N) is 2. The van der Waals surface area contributed by atoms with Gasteiger partial charge < -0.3 is 15.1 Å². The number of hydrogen-bond acceptors (Lipinski definition) is 3. The summed E-state index contributed by atoms with van der Waals surface area (Å²) in [6.45, 7) is 5.37. The molecule has 2 rings (SSSR count). The van der Waals surface area contributed by atoms with Crippen LogP contribution < -0.4 is 10.2 Å². The number of nitrogens with one attached hydrogen (secondary N) is 1. The lowest BCUT2D eigenvalue weighted by Crippen LogP contribution is -2.35. The first-order chi connectivity index (χ1) is 13.7. The van der Waals surface area contributed by atoms with Crippen LogP contribution in [0.15, 0.2) is 48.5 Å². The van der Waals surface area contributed by atoms with E-state index >= 15 is 0 Å². The fraction of sp³-hybridized carbons (Fsp3) is 0.333. The number of carbonyl (C=O) groups is 2. The number of benzene rings is 2. The van der Waals surface area contributed by atoms with E-state index in [0.29, 0.717) is 5.56 Å². The van der Waals surface area contributed by atoms with E-state index in [4.69, 9.17) is 0 Å². The van der Waals surface area contributed by atoms with Crippen molar-refractivity contribution in [1.82, 2.24) is 4.90 Å². The van der Waals surface area contributed by atoms with Gasteiger partial charge in [-0.3, -0.25) is 9.59 Å². The standard InChI is InChI=1S/C21H24F3N3O2/c1-4-27(5-2)16-12-10-15(11-13-16)20(29)26(3)14-19(28)25-18-9-7-6-8-17(18)21(22,23)24/h6-13H,4-5,14H2,1-3H3,(H,25,28). The van der Waals surface area contributed by atoms with Gasteiger partial charge in [-0.05, 0) is 50.2 Å². The van der Waals surface area contributed by atoms with Crippen LogP contribution in [0.25, 0.3) is 0 Å². The summed E-state index contributed by atoms with van der Waals surface area (Å²) in [6.07, 6.45) is -4.59. The second-order valence-electron chi connectivity index (χ2n) is 6.47. The first-order valence-corrected chi connectivity index (χ1v) is 9.23. The highest BCUT2D eigenvalue weighted by molar-refractivity contribution is 5.99. The Morgan fingerprint density at radius 2 is 1.55 bits per heavy atom. The van der Waals surface area contributed by atoms with Crippen LogP contribution in [0.2, 0.25) is 0 Å². The molecule has 0 atom stereocenters. The van der Waals surface area contributed by atoms with Crippen LogP contribution in [0, 0.1) is 0 Å². The van der Waals surface area contributed by atoms with E-state index in [1.807, 2.05) is 26.0 Å². The van der Waals surface area contributed by atoms with Crippen molar-refractivity contribution in [2.75, 3.05) is 36.9 Å². The Morgan fingerprint density at radius 3 is 2.10 bits per heavy atom. The lowest BCUT2D eigenvalue weighted by Gasteiger charge is -2.22. The molecule has 0 saturated heterocycles. The molecule has 0 fully saturated rings. The van der Waals surface area contributed by atoms with Crippen molar-refractivity contribution < 1.29 is 22.8 Å². The zero-order valence-corrected chi connectivity index (χ0v) is 16.6. The molecule has 29 heavy (non-hydrogen) atoms. The van der Waals surface area contributed by atoms with Gasteiger partial charge in [-0.15, -0.1) is 0 Å².